The molecule has 2 atom stereocenters. The van der Waals surface area contributed by atoms with E-state index in [-0.39, 0.29) is 29.3 Å². The van der Waals surface area contributed by atoms with Crippen LogP contribution in [0.25, 0.3) is 0 Å². The Labute approximate surface area is 121 Å². The van der Waals surface area contributed by atoms with Gasteiger partial charge >= 0.3 is 6.61 Å². The summed E-state index contributed by atoms with van der Waals surface area (Å²) in [6, 6.07) is 4.35. The van der Waals surface area contributed by atoms with Crippen LogP contribution in [0.15, 0.2) is 18.2 Å². The van der Waals surface area contributed by atoms with Gasteiger partial charge in [0.2, 0.25) is 5.91 Å². The fourth-order valence-corrected chi connectivity index (χ4v) is 2.37. The number of amides is 1. The number of methoxy groups -OCH3 is 1. The van der Waals surface area contributed by atoms with Crippen LogP contribution in [0.1, 0.15) is 13.3 Å². The molecule has 0 aromatic heterocycles. The largest absolute Gasteiger partial charge is 0.497 e. The monoisotopic (exact) mass is 300 g/mol. The van der Waals surface area contributed by atoms with Crippen LogP contribution in [0.3, 0.4) is 0 Å². The zero-order valence-electron chi connectivity index (χ0n) is 11.9. The quantitative estimate of drug-likeness (QED) is 0.875. The molecule has 1 aliphatic rings. The minimum absolute atomic E-state index is 0.0510. The number of halogens is 2. The van der Waals surface area contributed by atoms with Gasteiger partial charge in [0.25, 0.3) is 0 Å². The highest BCUT2D eigenvalue weighted by Gasteiger charge is 2.30. The van der Waals surface area contributed by atoms with Crippen molar-refractivity contribution >= 4 is 11.6 Å². The summed E-state index contributed by atoms with van der Waals surface area (Å²) >= 11 is 0. The molecule has 2 unspecified atom stereocenters. The smallest absolute Gasteiger partial charge is 0.387 e. The summed E-state index contributed by atoms with van der Waals surface area (Å²) in [5.74, 6) is -0.0576. The van der Waals surface area contributed by atoms with Crippen molar-refractivity contribution in [1.82, 2.24) is 5.32 Å². The highest BCUT2D eigenvalue weighted by molar-refractivity contribution is 5.94. The first-order chi connectivity index (χ1) is 10.0. The number of anilines is 1. The topological polar surface area (TPSA) is 59.6 Å². The minimum Gasteiger partial charge on any atom is -0.497 e. The molecule has 5 nitrogen and oxygen atoms in total. The molecular weight excluding hydrogens is 282 g/mol. The highest BCUT2D eigenvalue weighted by atomic mass is 19.3. The van der Waals surface area contributed by atoms with E-state index in [4.69, 9.17) is 4.74 Å². The Morgan fingerprint density at radius 3 is 2.81 bits per heavy atom. The van der Waals surface area contributed by atoms with Gasteiger partial charge in [0.15, 0.2) is 0 Å². The van der Waals surface area contributed by atoms with Gasteiger partial charge < -0.3 is 20.1 Å². The lowest BCUT2D eigenvalue weighted by molar-refractivity contribution is -0.120. The van der Waals surface area contributed by atoms with Crippen molar-refractivity contribution in [1.29, 1.82) is 0 Å². The Morgan fingerprint density at radius 2 is 2.24 bits per heavy atom. The third kappa shape index (κ3) is 3.81. The van der Waals surface area contributed by atoms with Crippen molar-refractivity contribution in [2.24, 2.45) is 5.92 Å². The standard InChI is InChI=1S/C14H18F2N2O3/c1-8-10(5-6-17-8)13(19)18-11-7-9(20-2)3-4-12(11)21-14(15)16/h3-4,7-8,10,14,17H,5-6H2,1-2H3,(H,18,19). The average Bonchev–Trinajstić information content (AvgIpc) is 2.86. The Hall–Kier alpha value is -1.89. The van der Waals surface area contributed by atoms with E-state index < -0.39 is 6.61 Å². The van der Waals surface area contributed by atoms with Crippen LogP contribution in [0, 0.1) is 5.92 Å². The lowest BCUT2D eigenvalue weighted by Gasteiger charge is -2.17. The number of carbonyl (C=O) groups is 1. The second kappa shape index (κ2) is 6.71. The minimum atomic E-state index is -2.96. The van der Waals surface area contributed by atoms with Gasteiger partial charge in [0.1, 0.15) is 11.5 Å². The van der Waals surface area contributed by atoms with Crippen molar-refractivity contribution in [2.75, 3.05) is 19.0 Å². The van der Waals surface area contributed by atoms with Crippen LogP contribution in [-0.2, 0) is 4.79 Å². The number of benzene rings is 1. The zero-order valence-corrected chi connectivity index (χ0v) is 11.9. The molecular formula is C14H18F2N2O3. The SMILES string of the molecule is COc1ccc(OC(F)F)c(NC(=O)C2CCNC2C)c1. The van der Waals surface area contributed by atoms with E-state index in [0.29, 0.717) is 12.2 Å². The molecule has 1 fully saturated rings. The lowest BCUT2D eigenvalue weighted by atomic mass is 10.0. The van der Waals surface area contributed by atoms with Gasteiger partial charge in [-0.3, -0.25) is 4.79 Å². The molecule has 1 heterocycles. The zero-order chi connectivity index (χ0) is 15.4. The van der Waals surface area contributed by atoms with Gasteiger partial charge in [-0.05, 0) is 32.0 Å². The summed E-state index contributed by atoms with van der Waals surface area (Å²) in [7, 11) is 1.46. The molecule has 2 rings (SSSR count). The molecule has 1 aliphatic heterocycles. The van der Waals surface area contributed by atoms with Crippen LogP contribution >= 0.6 is 0 Å². The fourth-order valence-electron chi connectivity index (χ4n) is 2.37. The second-order valence-corrected chi connectivity index (χ2v) is 4.87. The molecule has 21 heavy (non-hydrogen) atoms. The predicted molar refractivity (Wildman–Crippen MR) is 73.8 cm³/mol. The number of alkyl halides is 2. The molecule has 1 amide bonds. The van der Waals surface area contributed by atoms with Crippen molar-refractivity contribution in [2.45, 2.75) is 26.0 Å². The maximum Gasteiger partial charge on any atom is 0.387 e. The van der Waals surface area contributed by atoms with Crippen LogP contribution in [0.4, 0.5) is 14.5 Å². The summed E-state index contributed by atoms with van der Waals surface area (Å²) in [6.07, 6.45) is 0.710. The molecule has 7 heteroatoms. The predicted octanol–water partition coefficient (Wildman–Crippen LogP) is 2.23. The van der Waals surface area contributed by atoms with Crippen molar-refractivity contribution < 1.29 is 23.0 Å². The summed E-state index contributed by atoms with van der Waals surface area (Å²) < 4.78 is 34.3. The molecule has 0 aliphatic carbocycles. The van der Waals surface area contributed by atoms with Gasteiger partial charge in [-0.15, -0.1) is 0 Å². The van der Waals surface area contributed by atoms with E-state index in [1.165, 1.54) is 25.3 Å². The first kappa shape index (κ1) is 15.5. The summed E-state index contributed by atoms with van der Waals surface area (Å²) in [6.45, 7) is -0.280. The van der Waals surface area contributed by atoms with Gasteiger partial charge in [0.05, 0.1) is 18.7 Å². The number of hydrogen-bond acceptors (Lipinski definition) is 4. The average molecular weight is 300 g/mol. The molecule has 1 aromatic carbocycles. The number of hydrogen-bond donors (Lipinski definition) is 2. The number of carbonyl (C=O) groups excluding carboxylic acids is 1. The number of rotatable bonds is 5. The Kier molecular flexibility index (Phi) is 4.95. The fraction of sp³-hybridized carbons (Fsp3) is 0.500. The molecule has 0 radical (unpaired) electrons. The Morgan fingerprint density at radius 1 is 1.48 bits per heavy atom. The normalized spacial score (nSPS) is 21.4. The van der Waals surface area contributed by atoms with E-state index in [1.54, 1.807) is 0 Å². The van der Waals surface area contributed by atoms with E-state index in [2.05, 4.69) is 15.4 Å². The van der Waals surface area contributed by atoms with E-state index in [1.807, 2.05) is 6.92 Å². The molecule has 2 N–H and O–H groups in total. The van der Waals surface area contributed by atoms with E-state index >= 15 is 0 Å². The Balaban J connectivity index is 2.18. The third-order valence-electron chi connectivity index (χ3n) is 3.52. The maximum atomic E-state index is 12.4. The van der Waals surface area contributed by atoms with Crippen LogP contribution in [0.5, 0.6) is 11.5 Å². The van der Waals surface area contributed by atoms with Crippen molar-refractivity contribution in [3.05, 3.63) is 18.2 Å². The first-order valence-corrected chi connectivity index (χ1v) is 6.68. The van der Waals surface area contributed by atoms with Crippen molar-refractivity contribution in [3.8, 4) is 11.5 Å². The first-order valence-electron chi connectivity index (χ1n) is 6.68. The highest BCUT2D eigenvalue weighted by Crippen LogP contribution is 2.31. The van der Waals surface area contributed by atoms with Gasteiger partial charge in [-0.1, -0.05) is 0 Å². The number of ether oxygens (including phenoxy) is 2. The van der Waals surface area contributed by atoms with E-state index in [0.717, 1.165) is 6.54 Å². The Bertz CT molecular complexity index is 511. The lowest BCUT2D eigenvalue weighted by Crippen LogP contribution is -2.32. The third-order valence-corrected chi connectivity index (χ3v) is 3.52. The van der Waals surface area contributed by atoms with Crippen LogP contribution in [0.2, 0.25) is 0 Å². The number of nitrogens with one attached hydrogen (secondary N) is 2. The van der Waals surface area contributed by atoms with Crippen LogP contribution < -0.4 is 20.1 Å². The van der Waals surface area contributed by atoms with Gasteiger partial charge in [0, 0.05) is 12.1 Å². The van der Waals surface area contributed by atoms with Crippen LogP contribution in [-0.4, -0.2) is 32.2 Å². The molecule has 0 saturated carbocycles. The maximum absolute atomic E-state index is 12.4. The molecule has 1 saturated heterocycles. The summed E-state index contributed by atoms with van der Waals surface area (Å²) in [4.78, 5) is 12.2. The molecule has 0 bridgehead atoms. The van der Waals surface area contributed by atoms with Gasteiger partial charge in [-0.2, -0.15) is 8.78 Å². The summed E-state index contributed by atoms with van der Waals surface area (Å²) in [5, 5.41) is 5.81. The van der Waals surface area contributed by atoms with Gasteiger partial charge in [-0.25, -0.2) is 0 Å². The second-order valence-electron chi connectivity index (χ2n) is 4.87. The molecule has 1 aromatic rings. The summed E-state index contributed by atoms with van der Waals surface area (Å²) in [5.41, 5.74) is 0.179. The molecule has 116 valence electrons. The van der Waals surface area contributed by atoms with E-state index in [9.17, 15) is 13.6 Å². The molecule has 0 spiro atoms. The van der Waals surface area contributed by atoms with Crippen molar-refractivity contribution in [3.63, 3.8) is 0 Å².